The van der Waals surface area contributed by atoms with E-state index in [0.717, 1.165) is 33.0 Å². The molecule has 140 valence electrons. The Morgan fingerprint density at radius 3 is 2.43 bits per heavy atom. The normalized spacial score (nSPS) is 10.8. The highest BCUT2D eigenvalue weighted by Gasteiger charge is 2.10. The first-order valence-electron chi connectivity index (χ1n) is 8.59. The Morgan fingerprint density at radius 1 is 1.04 bits per heavy atom. The van der Waals surface area contributed by atoms with Gasteiger partial charge in [-0.05, 0) is 66.0 Å². The lowest BCUT2D eigenvalue weighted by Crippen LogP contribution is -2.05. The first-order chi connectivity index (χ1) is 13.6. The molecular weight excluding hydrogens is 372 g/mol. The van der Waals surface area contributed by atoms with E-state index < -0.39 is 0 Å². The summed E-state index contributed by atoms with van der Waals surface area (Å²) in [4.78, 5) is 16.8. The van der Waals surface area contributed by atoms with E-state index in [-0.39, 0.29) is 5.91 Å². The van der Waals surface area contributed by atoms with Gasteiger partial charge in [-0.1, -0.05) is 12.1 Å². The van der Waals surface area contributed by atoms with E-state index >= 15 is 0 Å². The number of hydrogen-bond acceptors (Lipinski definition) is 6. The van der Waals surface area contributed by atoms with Crippen molar-refractivity contribution in [3.05, 3.63) is 66.9 Å². The Morgan fingerprint density at radius 2 is 1.75 bits per heavy atom. The van der Waals surface area contributed by atoms with Crippen LogP contribution in [0.4, 0.5) is 17.3 Å². The average Bonchev–Trinajstić information content (AvgIpc) is 3.11. The van der Waals surface area contributed by atoms with E-state index in [9.17, 15) is 4.79 Å². The third kappa shape index (κ3) is 3.83. The lowest BCUT2D eigenvalue weighted by molar-refractivity contribution is -0.114. The zero-order chi connectivity index (χ0) is 19.5. The maximum absolute atomic E-state index is 11.1. The maximum atomic E-state index is 11.1. The van der Waals surface area contributed by atoms with Crippen molar-refractivity contribution in [2.75, 3.05) is 10.6 Å². The molecule has 0 bridgehead atoms. The first kappa shape index (κ1) is 18.0. The molecule has 2 heterocycles. The van der Waals surface area contributed by atoms with Gasteiger partial charge in [0.1, 0.15) is 0 Å². The maximum Gasteiger partial charge on any atom is 0.247 e. The molecule has 0 spiro atoms. The van der Waals surface area contributed by atoms with Gasteiger partial charge in [0.15, 0.2) is 5.65 Å². The zero-order valence-electron chi connectivity index (χ0n) is 15.1. The number of aromatic nitrogens is 3. The number of pyridine rings is 1. The summed E-state index contributed by atoms with van der Waals surface area (Å²) >= 11 is 1.22. The van der Waals surface area contributed by atoms with Crippen LogP contribution in [0.1, 0.15) is 6.92 Å². The Kier molecular flexibility index (Phi) is 4.96. The Hall–Kier alpha value is -3.36. The van der Waals surface area contributed by atoms with Crippen molar-refractivity contribution in [2.24, 2.45) is 5.14 Å². The molecule has 0 atom stereocenters. The fraction of sp³-hybridized carbons (Fsp3) is 0.0500. The van der Waals surface area contributed by atoms with E-state index in [0.29, 0.717) is 5.95 Å². The fourth-order valence-corrected chi connectivity index (χ4v) is 3.16. The molecule has 2 aromatic carbocycles. The van der Waals surface area contributed by atoms with Crippen LogP contribution in [0.3, 0.4) is 0 Å². The van der Waals surface area contributed by atoms with E-state index in [1.165, 1.54) is 18.9 Å². The van der Waals surface area contributed by atoms with Crippen LogP contribution >= 0.6 is 11.9 Å². The summed E-state index contributed by atoms with van der Waals surface area (Å²) in [7, 11) is 0. The van der Waals surface area contributed by atoms with Crippen LogP contribution in [0.5, 0.6) is 0 Å². The van der Waals surface area contributed by atoms with Gasteiger partial charge in [-0.15, -0.1) is 5.10 Å². The second kappa shape index (κ2) is 7.71. The number of carbonyl (C=O) groups is 1. The predicted octanol–water partition coefficient (Wildman–Crippen LogP) is 4.06. The lowest BCUT2D eigenvalue weighted by atomic mass is 10.1. The Bertz CT molecular complexity index is 1120. The van der Waals surface area contributed by atoms with Gasteiger partial charge in [0.2, 0.25) is 11.9 Å². The number of hydrogen-bond donors (Lipinski definition) is 3. The van der Waals surface area contributed by atoms with Crippen LogP contribution in [-0.4, -0.2) is 20.5 Å². The topological polar surface area (TPSA) is 97.3 Å². The van der Waals surface area contributed by atoms with Gasteiger partial charge in [0.05, 0.1) is 0 Å². The third-order valence-electron chi connectivity index (χ3n) is 4.13. The van der Waals surface area contributed by atoms with E-state index in [1.807, 2.05) is 66.9 Å². The van der Waals surface area contributed by atoms with E-state index in [1.54, 1.807) is 4.52 Å². The van der Waals surface area contributed by atoms with Crippen LogP contribution in [0.15, 0.2) is 71.8 Å². The minimum absolute atomic E-state index is 0.103. The van der Waals surface area contributed by atoms with Crippen molar-refractivity contribution in [1.82, 2.24) is 14.6 Å². The van der Waals surface area contributed by atoms with Crippen molar-refractivity contribution in [3.63, 3.8) is 0 Å². The Labute approximate surface area is 166 Å². The average molecular weight is 390 g/mol. The highest BCUT2D eigenvalue weighted by atomic mass is 32.2. The largest absolute Gasteiger partial charge is 0.326 e. The summed E-state index contributed by atoms with van der Waals surface area (Å²) in [5.41, 5.74) is 4.35. The molecule has 0 aliphatic carbocycles. The minimum Gasteiger partial charge on any atom is -0.326 e. The molecular formula is C20H18N6OS. The van der Waals surface area contributed by atoms with Crippen molar-refractivity contribution in [3.8, 4) is 11.1 Å². The van der Waals surface area contributed by atoms with Gasteiger partial charge < -0.3 is 10.6 Å². The molecule has 0 unspecified atom stereocenters. The number of anilines is 3. The molecule has 2 aromatic heterocycles. The van der Waals surface area contributed by atoms with Gasteiger partial charge in [0, 0.05) is 35.0 Å². The molecule has 0 aliphatic rings. The van der Waals surface area contributed by atoms with Crippen molar-refractivity contribution in [2.45, 2.75) is 11.8 Å². The second-order valence-corrected chi connectivity index (χ2v) is 6.86. The van der Waals surface area contributed by atoms with Gasteiger partial charge >= 0.3 is 0 Å². The van der Waals surface area contributed by atoms with Crippen LogP contribution in [0.2, 0.25) is 0 Å². The summed E-state index contributed by atoms with van der Waals surface area (Å²) in [6, 6.07) is 19.3. The van der Waals surface area contributed by atoms with Crippen LogP contribution < -0.4 is 15.8 Å². The van der Waals surface area contributed by atoms with Crippen LogP contribution in [0, 0.1) is 0 Å². The number of carbonyl (C=O) groups excluding carboxylic acids is 1. The van der Waals surface area contributed by atoms with Gasteiger partial charge in [-0.3, -0.25) is 9.93 Å². The van der Waals surface area contributed by atoms with Crippen LogP contribution in [0.25, 0.3) is 16.8 Å². The molecule has 0 radical (unpaired) electrons. The summed E-state index contributed by atoms with van der Waals surface area (Å²) < 4.78 is 1.74. The molecule has 4 aromatic rings. The molecule has 0 aliphatic heterocycles. The fourth-order valence-electron chi connectivity index (χ4n) is 2.87. The summed E-state index contributed by atoms with van der Waals surface area (Å²) in [6.45, 7) is 1.48. The van der Waals surface area contributed by atoms with Crippen molar-refractivity contribution >= 4 is 40.8 Å². The third-order valence-corrected chi connectivity index (χ3v) is 4.67. The quantitative estimate of drug-likeness (QED) is 0.445. The molecule has 0 saturated carbocycles. The van der Waals surface area contributed by atoms with Crippen molar-refractivity contribution < 1.29 is 4.79 Å². The second-order valence-electron chi connectivity index (χ2n) is 6.15. The van der Waals surface area contributed by atoms with Crippen molar-refractivity contribution in [1.29, 1.82) is 0 Å². The highest BCUT2D eigenvalue weighted by Crippen LogP contribution is 2.26. The number of rotatable bonds is 5. The lowest BCUT2D eigenvalue weighted by Gasteiger charge is -2.04. The summed E-state index contributed by atoms with van der Waals surface area (Å²) in [5, 5.41) is 16.0. The molecule has 0 fully saturated rings. The summed E-state index contributed by atoms with van der Waals surface area (Å²) in [5.74, 6) is 0.391. The number of fused-ring (bicyclic) bond motifs is 1. The van der Waals surface area contributed by atoms with Gasteiger partial charge in [-0.25, -0.2) is 4.52 Å². The van der Waals surface area contributed by atoms with Crippen LogP contribution in [-0.2, 0) is 4.79 Å². The van der Waals surface area contributed by atoms with E-state index in [4.69, 9.17) is 5.14 Å². The highest BCUT2D eigenvalue weighted by molar-refractivity contribution is 7.97. The molecule has 7 nitrogen and oxygen atoms in total. The van der Waals surface area contributed by atoms with Gasteiger partial charge in [0.25, 0.3) is 0 Å². The molecule has 1 amide bonds. The number of nitrogens with two attached hydrogens (primary N) is 1. The number of benzene rings is 2. The standard InChI is InChI=1S/C20H18N6OS/c1-13(27)22-15-6-8-16(9-7-15)23-20-24-19-18(3-2-12-26(19)25-20)14-4-10-17(28-21)11-5-14/h2-12H,21H2,1H3,(H,22,27)(H,23,25). The van der Waals surface area contributed by atoms with Gasteiger partial charge in [-0.2, -0.15) is 4.98 Å². The SMILES string of the molecule is CC(=O)Nc1ccc(Nc2nc3c(-c4ccc(SN)cc4)cccn3n2)cc1. The molecule has 28 heavy (non-hydrogen) atoms. The number of nitrogens with zero attached hydrogens (tertiary/aromatic N) is 3. The zero-order valence-corrected chi connectivity index (χ0v) is 15.9. The Balaban J connectivity index is 1.61. The number of nitrogens with one attached hydrogen (secondary N) is 2. The van der Waals surface area contributed by atoms with E-state index in [2.05, 4.69) is 20.7 Å². The smallest absolute Gasteiger partial charge is 0.247 e. The first-order valence-corrected chi connectivity index (χ1v) is 9.47. The molecule has 4 rings (SSSR count). The molecule has 4 N–H and O–H groups in total. The monoisotopic (exact) mass is 390 g/mol. The summed E-state index contributed by atoms with van der Waals surface area (Å²) in [6.07, 6.45) is 1.86. The predicted molar refractivity (Wildman–Crippen MR) is 112 cm³/mol. The number of amides is 1. The minimum atomic E-state index is -0.103. The molecule has 8 heteroatoms. The molecule has 0 saturated heterocycles.